The molecule has 1 heterocycles. The summed E-state index contributed by atoms with van der Waals surface area (Å²) in [5.41, 5.74) is 1.43. The number of ether oxygens (including phenoxy) is 2. The Balaban J connectivity index is 1.79. The molecule has 0 saturated heterocycles. The quantitative estimate of drug-likeness (QED) is 0.542. The fraction of sp³-hybridized carbons (Fsp3) is 0.348. The lowest BCUT2D eigenvalue weighted by atomic mass is 9.88. The first-order valence-corrected chi connectivity index (χ1v) is 11.2. The maximum absolute atomic E-state index is 13.6. The van der Waals surface area contributed by atoms with Crippen LogP contribution in [0.4, 0.5) is 0 Å². The summed E-state index contributed by atoms with van der Waals surface area (Å²) < 4.78 is 11.8. The Labute approximate surface area is 190 Å². The molecule has 1 amide bonds. The van der Waals surface area contributed by atoms with E-state index in [0.717, 1.165) is 42.1 Å². The van der Waals surface area contributed by atoms with Crippen LogP contribution in [-0.4, -0.2) is 41.4 Å². The summed E-state index contributed by atoms with van der Waals surface area (Å²) >= 11 is 9.27. The highest BCUT2D eigenvalue weighted by molar-refractivity contribution is 9.10. The van der Waals surface area contributed by atoms with Crippen LogP contribution in [0, 0.1) is 0 Å². The van der Waals surface area contributed by atoms with Crippen LogP contribution in [-0.2, 0) is 0 Å². The zero-order chi connectivity index (χ0) is 21.3. The minimum absolute atomic E-state index is 0.108. The normalized spacial score (nSPS) is 17.8. The van der Waals surface area contributed by atoms with Gasteiger partial charge in [0, 0.05) is 21.7 Å². The second kappa shape index (κ2) is 8.47. The highest BCUT2D eigenvalue weighted by Gasteiger charge is 2.49. The number of aliphatic imine (C=N–C) groups is 1. The van der Waals surface area contributed by atoms with Gasteiger partial charge in [-0.3, -0.25) is 14.7 Å². The highest BCUT2D eigenvalue weighted by Crippen LogP contribution is 2.41. The van der Waals surface area contributed by atoms with E-state index in [1.807, 2.05) is 42.5 Å². The molecule has 0 atom stereocenters. The molecule has 5 nitrogen and oxygen atoms in total. The number of hydrogen-bond acceptors (Lipinski definition) is 5. The van der Waals surface area contributed by atoms with Gasteiger partial charge in [-0.15, -0.1) is 0 Å². The molecule has 0 unspecified atom stereocenters. The fourth-order valence-electron chi connectivity index (χ4n) is 4.19. The smallest absolute Gasteiger partial charge is 0.260 e. The van der Waals surface area contributed by atoms with Crippen LogP contribution in [0.25, 0.3) is 0 Å². The summed E-state index contributed by atoms with van der Waals surface area (Å²) in [6, 6.07) is 13.0. The Kier molecular flexibility index (Phi) is 5.93. The maximum Gasteiger partial charge on any atom is 0.260 e. The first-order valence-electron chi connectivity index (χ1n) is 9.95. The molecular weight excluding hydrogens is 464 g/mol. The van der Waals surface area contributed by atoms with E-state index in [0.29, 0.717) is 27.8 Å². The van der Waals surface area contributed by atoms with Crippen molar-refractivity contribution in [3.63, 3.8) is 0 Å². The van der Waals surface area contributed by atoms with Crippen molar-refractivity contribution in [1.82, 2.24) is 4.90 Å². The first kappa shape index (κ1) is 21.0. The highest BCUT2D eigenvalue weighted by atomic mass is 79.9. The van der Waals surface area contributed by atoms with Crippen molar-refractivity contribution in [2.45, 2.75) is 37.8 Å². The molecule has 1 aliphatic carbocycles. The molecule has 2 aliphatic rings. The van der Waals surface area contributed by atoms with Gasteiger partial charge in [-0.05, 0) is 62.1 Å². The molecule has 0 N–H and O–H groups in total. The molecule has 1 saturated carbocycles. The van der Waals surface area contributed by atoms with Crippen molar-refractivity contribution in [3.8, 4) is 11.5 Å². The van der Waals surface area contributed by atoms with Gasteiger partial charge in [0.1, 0.15) is 27.9 Å². The van der Waals surface area contributed by atoms with Crippen LogP contribution in [0.15, 0.2) is 51.9 Å². The standard InChI is InChI=1S/C23H23BrN2O3S/c1-28-18-12-16(13-19(14-18)29-2)20-22(30)26(23(25-20)10-4-3-5-11-23)21(27)15-6-8-17(24)9-7-15/h6-9,12-14H,3-5,10-11H2,1-2H3. The summed E-state index contributed by atoms with van der Waals surface area (Å²) in [5.74, 6) is 1.21. The minimum atomic E-state index is -0.620. The average Bonchev–Trinajstić information content (AvgIpc) is 3.05. The average molecular weight is 487 g/mol. The zero-order valence-corrected chi connectivity index (χ0v) is 19.4. The second-order valence-corrected chi connectivity index (χ2v) is 8.86. The van der Waals surface area contributed by atoms with E-state index in [9.17, 15) is 4.79 Å². The van der Waals surface area contributed by atoms with Crippen molar-refractivity contribution in [3.05, 3.63) is 58.1 Å². The number of benzene rings is 2. The third-order valence-corrected chi connectivity index (χ3v) is 6.62. The Bertz CT molecular complexity index is 991. The van der Waals surface area contributed by atoms with E-state index in [4.69, 9.17) is 26.7 Å². The Morgan fingerprint density at radius 2 is 1.63 bits per heavy atom. The van der Waals surface area contributed by atoms with Gasteiger partial charge in [0.15, 0.2) is 0 Å². The van der Waals surface area contributed by atoms with Crippen molar-refractivity contribution < 1.29 is 14.3 Å². The predicted octanol–water partition coefficient (Wildman–Crippen LogP) is 5.40. The number of nitrogens with zero attached hydrogens (tertiary/aromatic N) is 2. The third-order valence-electron chi connectivity index (χ3n) is 5.72. The van der Waals surface area contributed by atoms with Gasteiger partial charge in [0.05, 0.1) is 14.2 Å². The summed E-state index contributed by atoms with van der Waals surface area (Å²) in [6.45, 7) is 0. The molecule has 2 aromatic carbocycles. The lowest BCUT2D eigenvalue weighted by Gasteiger charge is -2.38. The lowest BCUT2D eigenvalue weighted by molar-refractivity contribution is 0.0648. The van der Waals surface area contributed by atoms with Crippen LogP contribution in [0.5, 0.6) is 11.5 Å². The minimum Gasteiger partial charge on any atom is -0.497 e. The van der Waals surface area contributed by atoms with Crippen LogP contribution in [0.2, 0.25) is 0 Å². The monoisotopic (exact) mass is 486 g/mol. The predicted molar refractivity (Wildman–Crippen MR) is 125 cm³/mol. The zero-order valence-electron chi connectivity index (χ0n) is 17.0. The molecule has 1 fully saturated rings. The van der Waals surface area contributed by atoms with Gasteiger partial charge in [-0.2, -0.15) is 0 Å². The van der Waals surface area contributed by atoms with E-state index in [2.05, 4.69) is 15.9 Å². The molecule has 0 bridgehead atoms. The number of amides is 1. The maximum atomic E-state index is 13.6. The second-order valence-electron chi connectivity index (χ2n) is 7.56. The number of rotatable bonds is 4. The molecule has 4 rings (SSSR count). The van der Waals surface area contributed by atoms with Crippen molar-refractivity contribution in [2.75, 3.05) is 14.2 Å². The fourth-order valence-corrected chi connectivity index (χ4v) is 4.87. The molecule has 0 radical (unpaired) electrons. The van der Waals surface area contributed by atoms with Gasteiger partial charge < -0.3 is 9.47 Å². The molecule has 1 aliphatic heterocycles. The Morgan fingerprint density at radius 3 is 2.20 bits per heavy atom. The molecular formula is C23H23BrN2O3S. The summed E-state index contributed by atoms with van der Waals surface area (Å²) in [5, 5.41) is 0. The van der Waals surface area contributed by atoms with Gasteiger partial charge in [0.2, 0.25) is 0 Å². The molecule has 2 aromatic rings. The number of carbonyl (C=O) groups is 1. The largest absolute Gasteiger partial charge is 0.497 e. The first-order chi connectivity index (χ1) is 14.5. The van der Waals surface area contributed by atoms with E-state index in [1.54, 1.807) is 19.1 Å². The van der Waals surface area contributed by atoms with Gasteiger partial charge in [-0.25, -0.2) is 0 Å². The number of hydrogen-bond donors (Lipinski definition) is 0. The lowest BCUT2D eigenvalue weighted by Crippen LogP contribution is -2.50. The molecule has 30 heavy (non-hydrogen) atoms. The van der Waals surface area contributed by atoms with Crippen molar-refractivity contribution >= 4 is 44.8 Å². The van der Waals surface area contributed by atoms with Gasteiger partial charge in [-0.1, -0.05) is 34.6 Å². The topological polar surface area (TPSA) is 51.1 Å². The van der Waals surface area contributed by atoms with E-state index in [-0.39, 0.29) is 5.91 Å². The third kappa shape index (κ3) is 3.76. The number of thiocarbonyl (C=S) groups is 1. The van der Waals surface area contributed by atoms with Crippen LogP contribution >= 0.6 is 28.1 Å². The summed E-state index contributed by atoms with van der Waals surface area (Å²) in [7, 11) is 3.22. The van der Waals surface area contributed by atoms with Crippen LogP contribution in [0.3, 0.4) is 0 Å². The van der Waals surface area contributed by atoms with Gasteiger partial charge >= 0.3 is 0 Å². The molecule has 0 aromatic heterocycles. The summed E-state index contributed by atoms with van der Waals surface area (Å²) in [4.78, 5) is 20.9. The van der Waals surface area contributed by atoms with Crippen LogP contribution < -0.4 is 9.47 Å². The van der Waals surface area contributed by atoms with E-state index >= 15 is 0 Å². The van der Waals surface area contributed by atoms with E-state index < -0.39 is 5.66 Å². The number of halogens is 1. The molecule has 7 heteroatoms. The number of methoxy groups -OCH3 is 2. The molecule has 1 spiro atoms. The van der Waals surface area contributed by atoms with E-state index in [1.165, 1.54) is 0 Å². The van der Waals surface area contributed by atoms with Crippen LogP contribution in [0.1, 0.15) is 48.0 Å². The Hall–Kier alpha value is -2.25. The van der Waals surface area contributed by atoms with Gasteiger partial charge in [0.25, 0.3) is 5.91 Å². The van der Waals surface area contributed by atoms with Crippen molar-refractivity contribution in [1.29, 1.82) is 0 Å². The number of carbonyl (C=O) groups excluding carboxylic acids is 1. The SMILES string of the molecule is COc1cc(OC)cc(C2=NC3(CCCCC3)N(C(=O)c3ccc(Br)cc3)C2=S)c1. The Morgan fingerprint density at radius 1 is 1.03 bits per heavy atom. The summed E-state index contributed by atoms with van der Waals surface area (Å²) in [6.07, 6.45) is 4.79. The van der Waals surface area contributed by atoms with Crippen molar-refractivity contribution in [2.24, 2.45) is 4.99 Å². The molecule has 156 valence electrons.